The molecule has 0 spiro atoms. The predicted octanol–water partition coefficient (Wildman–Crippen LogP) is 27.0. The maximum atomic E-state index is 15.9. The summed E-state index contributed by atoms with van der Waals surface area (Å²) < 4.78 is 39.3. The molecular weight excluding hydrogens is 1050 g/mol. The average molecular weight is 1190 g/mol. The van der Waals surface area contributed by atoms with Crippen LogP contribution in [0.3, 0.4) is 0 Å². The molecule has 5 heteroatoms. The summed E-state index contributed by atoms with van der Waals surface area (Å²) in [5.41, 5.74) is 3.96. The van der Waals surface area contributed by atoms with Crippen LogP contribution in [0, 0.1) is 0 Å². The molecule has 2 rings (SSSR count). The van der Waals surface area contributed by atoms with Gasteiger partial charge < -0.3 is 0 Å². The van der Waals surface area contributed by atoms with E-state index in [-0.39, 0.29) is 0 Å². The van der Waals surface area contributed by atoms with Gasteiger partial charge in [-0.2, -0.15) is 0 Å². The number of aryl methyl sites for hydroxylation is 1. The molecule has 0 bridgehead atoms. The van der Waals surface area contributed by atoms with Crippen molar-refractivity contribution in [1.82, 2.24) is 0 Å². The number of hydrogen-bond acceptors (Lipinski definition) is 3. The Balaban J connectivity index is 2.34. The third kappa shape index (κ3) is 36.8. The van der Waals surface area contributed by atoms with E-state index >= 15 is 8.42 Å². The van der Waals surface area contributed by atoms with Crippen LogP contribution in [-0.2, 0) is 33.4 Å². The van der Waals surface area contributed by atoms with Crippen molar-refractivity contribution in [1.29, 1.82) is 0 Å². The Morgan fingerprint density at radius 2 is 0.530 bits per heavy atom. The molecule has 0 saturated heterocycles. The van der Waals surface area contributed by atoms with Crippen LogP contribution in [0.1, 0.15) is 405 Å². The molecule has 0 fully saturated rings. The van der Waals surface area contributed by atoms with Crippen LogP contribution >= 0.6 is 6.83 Å². The van der Waals surface area contributed by atoms with Gasteiger partial charge in [0, 0.05) is 0 Å². The van der Waals surface area contributed by atoms with Crippen molar-refractivity contribution in [2.45, 2.75) is 412 Å². The van der Waals surface area contributed by atoms with Gasteiger partial charge in [-0.25, -0.2) is 0 Å². The molecule has 0 aliphatic rings. The first-order valence-corrected chi connectivity index (χ1v) is 42.1. The molecule has 3 nitrogen and oxygen atoms in total. The van der Waals surface area contributed by atoms with Crippen molar-refractivity contribution in [2.75, 3.05) is 18.5 Å². The third-order valence-electron chi connectivity index (χ3n) is 19.4. The Morgan fingerprint density at radius 3 is 0.819 bits per heavy atom. The van der Waals surface area contributed by atoms with Gasteiger partial charge in [0.1, 0.15) is 0 Å². The summed E-state index contributed by atoms with van der Waals surface area (Å²) in [6.07, 6.45) is 77.0. The fraction of sp³-hybridized carbons (Fsp3) is 0.846. The molecule has 486 valence electrons. The Kier molecular flexibility index (Phi) is 50.5. The molecule has 0 unspecified atom stereocenters. The summed E-state index contributed by atoms with van der Waals surface area (Å²) in [6.45, 7) is 10.3. The van der Waals surface area contributed by atoms with Crippen molar-refractivity contribution in [3.05, 3.63) is 59.2 Å². The van der Waals surface area contributed by atoms with Crippen LogP contribution in [0.5, 0.6) is 0 Å². The van der Waals surface area contributed by atoms with Gasteiger partial charge in [-0.3, -0.25) is 0 Å². The van der Waals surface area contributed by atoms with Crippen LogP contribution in [0.4, 0.5) is 0 Å². The van der Waals surface area contributed by atoms with Crippen LogP contribution in [0.2, 0.25) is 0 Å². The van der Waals surface area contributed by atoms with Gasteiger partial charge in [-0.15, -0.1) is 0 Å². The van der Waals surface area contributed by atoms with Crippen LogP contribution in [-0.4, -0.2) is 26.9 Å². The van der Waals surface area contributed by atoms with Gasteiger partial charge in [0.05, 0.1) is 0 Å². The summed E-state index contributed by atoms with van der Waals surface area (Å²) in [6, 6.07) is 15.2. The zero-order valence-electron chi connectivity index (χ0n) is 57.0. The fourth-order valence-corrected chi connectivity index (χ4v) is 23.8. The molecule has 0 atom stereocenters. The van der Waals surface area contributed by atoms with Gasteiger partial charge in [-0.05, 0) is 0 Å². The van der Waals surface area contributed by atoms with Gasteiger partial charge in [0.15, 0.2) is 0 Å². The van der Waals surface area contributed by atoms with E-state index < -0.39 is 16.9 Å². The number of benzene rings is 2. The van der Waals surface area contributed by atoms with E-state index in [1.165, 1.54) is 312 Å². The minimum Gasteiger partial charge on any atom is -0.0654 e. The van der Waals surface area contributed by atoms with Gasteiger partial charge in [0.2, 0.25) is 0 Å². The van der Waals surface area contributed by atoms with E-state index in [0.29, 0.717) is 4.90 Å². The number of hydrogen-bond donors (Lipinski definition) is 0. The molecule has 0 N–H and O–H groups in total. The zero-order chi connectivity index (χ0) is 59.9. The third-order valence-corrected chi connectivity index (χ3v) is 28.3. The van der Waals surface area contributed by atoms with Crippen LogP contribution < -0.4 is 5.30 Å². The molecular formula is C78H145O3PS. The smallest absolute Gasteiger partial charge is 0.0654 e. The van der Waals surface area contributed by atoms with E-state index in [1.54, 1.807) is 0 Å². The SMILES string of the molecule is CCCCCCCCCCCCCCCCCCc1ccc(S(=O)(=O)OP(CCCC)(CCCC)(CCCC)c2ccccc2)c(CCCCCCCCCCCCCCCCCC)c1CCCCCCCCCCCCCCCCCC. The Hall–Kier alpha value is -1.22. The van der Waals surface area contributed by atoms with Crippen molar-refractivity contribution in [2.24, 2.45) is 0 Å². The quantitative estimate of drug-likeness (QED) is 0.0490. The molecule has 0 radical (unpaired) electrons. The summed E-state index contributed by atoms with van der Waals surface area (Å²) in [4.78, 5) is 0.523. The summed E-state index contributed by atoms with van der Waals surface area (Å²) in [5, 5.41) is 1.19. The standard InChI is InChI=1S/C78H145O3PS/c1-7-13-19-22-25-28-31-34-37-40-43-46-49-52-55-59-64-74-69-70-78(83(79,80)81-82(71-16-10-4,72-17-11-5,73-18-12-6)75-65-60-58-61-66-75)77(68-63-57-54-51-48-45-42-39-36-33-30-27-24-21-15-9-3)76(74)67-62-56-53-50-47-44-41-38-35-32-29-26-23-20-14-8-2/h58,60-61,65-66,69-70H,7-57,59,62-64,67-68,71-73H2,1-6H3. The normalized spacial score (nSPS) is 12.6. The van der Waals surface area contributed by atoms with E-state index in [0.717, 1.165) is 94.7 Å². The first-order chi connectivity index (χ1) is 40.8. The average Bonchev–Trinajstić information content (AvgIpc) is 1.45. The van der Waals surface area contributed by atoms with Gasteiger partial charge in [0.25, 0.3) is 0 Å². The molecule has 2 aromatic carbocycles. The van der Waals surface area contributed by atoms with Crippen molar-refractivity contribution < 1.29 is 12.4 Å². The molecule has 0 aliphatic carbocycles. The molecule has 0 heterocycles. The maximum absolute atomic E-state index is 15.9. The van der Waals surface area contributed by atoms with Crippen molar-refractivity contribution in [3.63, 3.8) is 0 Å². The summed E-state index contributed by atoms with van der Waals surface area (Å²) in [5.74, 6) is 0. The summed E-state index contributed by atoms with van der Waals surface area (Å²) in [7, 11) is -4.11. The zero-order valence-corrected chi connectivity index (χ0v) is 58.8. The minimum atomic E-state index is -4.11. The molecule has 2 aromatic rings. The molecule has 0 aliphatic heterocycles. The second-order valence-electron chi connectivity index (χ2n) is 27.1. The molecule has 0 aromatic heterocycles. The molecule has 0 amide bonds. The van der Waals surface area contributed by atoms with Gasteiger partial charge in [-0.1, -0.05) is 213 Å². The Bertz CT molecular complexity index is 1800. The Morgan fingerprint density at radius 1 is 0.277 bits per heavy atom. The van der Waals surface area contributed by atoms with Crippen LogP contribution in [0.25, 0.3) is 0 Å². The van der Waals surface area contributed by atoms with Gasteiger partial charge >= 0.3 is 311 Å². The van der Waals surface area contributed by atoms with Crippen LogP contribution in [0.15, 0.2) is 47.4 Å². The van der Waals surface area contributed by atoms with E-state index in [4.69, 9.17) is 3.97 Å². The van der Waals surface area contributed by atoms with E-state index in [1.807, 2.05) is 0 Å². The predicted molar refractivity (Wildman–Crippen MR) is 377 cm³/mol. The second-order valence-corrected chi connectivity index (χ2v) is 34.1. The second kappa shape index (κ2) is 53.8. The summed E-state index contributed by atoms with van der Waals surface area (Å²) >= 11 is 0. The number of unbranched alkanes of at least 4 members (excludes halogenated alkanes) is 48. The van der Waals surface area contributed by atoms with E-state index in [9.17, 15) is 0 Å². The fourth-order valence-electron chi connectivity index (χ4n) is 13.9. The minimum absolute atomic E-state index is 0.523. The first-order valence-electron chi connectivity index (χ1n) is 37.9. The first kappa shape index (κ1) is 77.9. The number of rotatable bonds is 64. The Labute approximate surface area is 521 Å². The van der Waals surface area contributed by atoms with Crippen molar-refractivity contribution >= 4 is 22.3 Å². The monoisotopic (exact) mass is 1190 g/mol. The van der Waals surface area contributed by atoms with E-state index in [2.05, 4.69) is 84.0 Å². The topological polar surface area (TPSA) is 43.4 Å². The van der Waals surface area contributed by atoms with Crippen molar-refractivity contribution in [3.8, 4) is 0 Å². The molecule has 0 saturated carbocycles. The molecule has 83 heavy (non-hydrogen) atoms.